The molecule has 0 bridgehead atoms. The molecular weight excluding hydrogens is 426 g/mol. The standard InChI is InChI=1S/C23H37N5O5/c1-16-14-20(27(2)3)22(30)23(32-16)33-18-11-9-17(10-12-18)19-15-28(26-24-19)13-7-5-4-6-8-21(29)25-31/h9-12,15-16,20,22-24,26,30-31H,4-8,13-14H2,1-3H3,(H,25,29)/t16-,20+,22-,23?/m0/s1. The molecule has 4 atom stereocenters. The van der Waals surface area contributed by atoms with Crippen molar-refractivity contribution in [3.8, 4) is 5.75 Å². The Morgan fingerprint density at radius 3 is 2.67 bits per heavy atom. The summed E-state index contributed by atoms with van der Waals surface area (Å²) in [6.07, 6.45) is 5.43. The molecule has 3 rings (SSSR count). The summed E-state index contributed by atoms with van der Waals surface area (Å²) in [5.74, 6) is 0.312. The predicted octanol–water partition coefficient (Wildman–Crippen LogP) is 1.57. The summed E-state index contributed by atoms with van der Waals surface area (Å²) >= 11 is 0. The zero-order chi connectivity index (χ0) is 23.8. The van der Waals surface area contributed by atoms with E-state index < -0.39 is 12.4 Å². The molecule has 10 heteroatoms. The van der Waals surface area contributed by atoms with Crippen molar-refractivity contribution in [2.45, 2.75) is 70.0 Å². The van der Waals surface area contributed by atoms with Crippen LogP contribution in [-0.4, -0.2) is 71.3 Å². The van der Waals surface area contributed by atoms with Gasteiger partial charge in [-0.25, -0.2) is 5.48 Å². The Morgan fingerprint density at radius 1 is 1.24 bits per heavy atom. The number of hydrogen-bond acceptors (Lipinski definition) is 9. The Balaban J connectivity index is 1.45. The van der Waals surface area contributed by atoms with Gasteiger partial charge >= 0.3 is 0 Å². The minimum Gasteiger partial charge on any atom is -0.462 e. The highest BCUT2D eigenvalue weighted by atomic mass is 16.7. The van der Waals surface area contributed by atoms with Crippen LogP contribution in [0.3, 0.4) is 0 Å². The molecule has 0 spiro atoms. The monoisotopic (exact) mass is 463 g/mol. The quantitative estimate of drug-likeness (QED) is 0.189. The molecule has 2 heterocycles. The largest absolute Gasteiger partial charge is 0.462 e. The topological polar surface area (TPSA) is 119 Å². The Labute approximate surface area is 195 Å². The Hall–Kier alpha value is -2.37. The number of likely N-dealkylation sites (N-methyl/N-ethyl adjacent to an activating group) is 1. The lowest BCUT2D eigenvalue weighted by atomic mass is 9.99. The third-order valence-electron chi connectivity index (χ3n) is 5.99. The van der Waals surface area contributed by atoms with Gasteiger partial charge in [0.05, 0.1) is 11.8 Å². The van der Waals surface area contributed by atoms with Gasteiger partial charge in [0.1, 0.15) is 11.9 Å². The number of hydrazine groups is 2. The zero-order valence-corrected chi connectivity index (χ0v) is 19.7. The molecule has 2 aliphatic rings. The fraction of sp³-hybridized carbons (Fsp3) is 0.609. The number of aliphatic hydroxyl groups excluding tert-OH is 1. The Bertz CT molecular complexity index is 788. The smallest absolute Gasteiger partial charge is 0.243 e. The van der Waals surface area contributed by atoms with Gasteiger partial charge in [-0.3, -0.25) is 15.0 Å². The molecule has 0 aromatic heterocycles. The van der Waals surface area contributed by atoms with Gasteiger partial charge in [0, 0.05) is 30.8 Å². The number of ether oxygens (including phenoxy) is 2. The molecule has 33 heavy (non-hydrogen) atoms. The van der Waals surface area contributed by atoms with E-state index >= 15 is 0 Å². The first-order valence-electron chi connectivity index (χ1n) is 11.6. The fourth-order valence-electron chi connectivity index (χ4n) is 4.08. The molecule has 0 radical (unpaired) electrons. The van der Waals surface area contributed by atoms with Crippen molar-refractivity contribution in [2.24, 2.45) is 0 Å². The summed E-state index contributed by atoms with van der Waals surface area (Å²) < 4.78 is 11.8. The third kappa shape index (κ3) is 7.31. The van der Waals surface area contributed by atoms with E-state index in [1.807, 2.05) is 61.4 Å². The molecule has 184 valence electrons. The van der Waals surface area contributed by atoms with Crippen molar-refractivity contribution >= 4 is 11.6 Å². The second kappa shape index (κ2) is 12.2. The van der Waals surface area contributed by atoms with Crippen LogP contribution in [0.5, 0.6) is 5.75 Å². The van der Waals surface area contributed by atoms with Gasteiger partial charge in [0.2, 0.25) is 12.2 Å². The minimum absolute atomic E-state index is 0.00927. The maximum absolute atomic E-state index is 11.0. The average molecular weight is 464 g/mol. The van der Waals surface area contributed by atoms with E-state index in [0.717, 1.165) is 49.9 Å². The van der Waals surface area contributed by atoms with Crippen LogP contribution in [-0.2, 0) is 9.53 Å². The van der Waals surface area contributed by atoms with E-state index in [0.29, 0.717) is 12.2 Å². The lowest BCUT2D eigenvalue weighted by Crippen LogP contribution is -2.55. The van der Waals surface area contributed by atoms with Gasteiger partial charge in [-0.05, 0) is 64.5 Å². The average Bonchev–Trinajstić information content (AvgIpc) is 3.27. The van der Waals surface area contributed by atoms with Crippen molar-refractivity contribution in [1.29, 1.82) is 0 Å². The summed E-state index contributed by atoms with van der Waals surface area (Å²) in [6, 6.07) is 7.68. The minimum atomic E-state index is -0.723. The highest BCUT2D eigenvalue weighted by Gasteiger charge is 2.38. The lowest BCUT2D eigenvalue weighted by molar-refractivity contribution is -0.217. The molecule has 1 saturated heterocycles. The maximum Gasteiger partial charge on any atom is 0.243 e. The second-order valence-corrected chi connectivity index (χ2v) is 8.89. The molecule has 1 aromatic carbocycles. The summed E-state index contributed by atoms with van der Waals surface area (Å²) in [5.41, 5.74) is 9.93. The normalized spacial score (nSPS) is 25.0. The van der Waals surface area contributed by atoms with Crippen LogP contribution in [0.15, 0.2) is 30.5 Å². The number of nitrogens with one attached hydrogen (secondary N) is 3. The molecule has 5 N–H and O–H groups in total. The predicted molar refractivity (Wildman–Crippen MR) is 123 cm³/mol. The first-order valence-corrected chi connectivity index (χ1v) is 11.6. The van der Waals surface area contributed by atoms with E-state index in [1.165, 1.54) is 0 Å². The summed E-state index contributed by atoms with van der Waals surface area (Å²) in [5, 5.41) is 21.1. The Morgan fingerprint density at radius 2 is 1.97 bits per heavy atom. The van der Waals surface area contributed by atoms with E-state index in [-0.39, 0.29) is 18.1 Å². The third-order valence-corrected chi connectivity index (χ3v) is 5.99. The number of hydroxylamine groups is 1. The van der Waals surface area contributed by atoms with Gasteiger partial charge < -0.3 is 24.9 Å². The zero-order valence-electron chi connectivity index (χ0n) is 19.7. The number of rotatable bonds is 11. The van der Waals surface area contributed by atoms with Crippen LogP contribution in [0.2, 0.25) is 0 Å². The van der Waals surface area contributed by atoms with Crippen molar-refractivity contribution in [1.82, 2.24) is 26.3 Å². The van der Waals surface area contributed by atoms with Crippen LogP contribution >= 0.6 is 0 Å². The van der Waals surface area contributed by atoms with Crippen LogP contribution < -0.4 is 21.2 Å². The van der Waals surface area contributed by atoms with Crippen LogP contribution in [0.1, 0.15) is 51.0 Å². The van der Waals surface area contributed by atoms with Crippen molar-refractivity contribution < 1.29 is 24.6 Å². The number of carbonyl (C=O) groups is 1. The van der Waals surface area contributed by atoms with Crippen LogP contribution in [0, 0.1) is 0 Å². The van der Waals surface area contributed by atoms with Gasteiger partial charge in [-0.1, -0.05) is 12.8 Å². The van der Waals surface area contributed by atoms with Gasteiger partial charge in [-0.15, -0.1) is 5.53 Å². The van der Waals surface area contributed by atoms with E-state index in [9.17, 15) is 9.90 Å². The van der Waals surface area contributed by atoms with Gasteiger partial charge in [-0.2, -0.15) is 0 Å². The molecule has 0 aliphatic carbocycles. The molecule has 1 fully saturated rings. The van der Waals surface area contributed by atoms with Crippen molar-refractivity contribution in [3.05, 3.63) is 36.0 Å². The highest BCUT2D eigenvalue weighted by molar-refractivity contribution is 5.74. The number of unbranched alkanes of at least 4 members (excludes halogenated alkanes) is 3. The number of nitrogens with zero attached hydrogens (tertiary/aromatic N) is 2. The van der Waals surface area contributed by atoms with Crippen molar-refractivity contribution in [2.75, 3.05) is 20.6 Å². The van der Waals surface area contributed by atoms with Crippen LogP contribution in [0.4, 0.5) is 0 Å². The molecule has 1 unspecified atom stereocenters. The molecule has 1 aromatic rings. The van der Waals surface area contributed by atoms with Gasteiger partial charge in [0.15, 0.2) is 0 Å². The number of hydrogen-bond donors (Lipinski definition) is 5. The Kier molecular flexibility index (Phi) is 9.33. The highest BCUT2D eigenvalue weighted by Crippen LogP contribution is 2.27. The summed E-state index contributed by atoms with van der Waals surface area (Å²) in [4.78, 5) is 13.0. The maximum atomic E-state index is 11.0. The number of carbonyl (C=O) groups excluding carboxylic acids is 1. The first kappa shape index (κ1) is 25.3. The number of amides is 1. The van der Waals surface area contributed by atoms with Crippen LogP contribution in [0.25, 0.3) is 5.70 Å². The van der Waals surface area contributed by atoms with E-state index in [4.69, 9.17) is 14.7 Å². The molecule has 1 amide bonds. The molecular formula is C23H37N5O5. The number of benzene rings is 1. The summed E-state index contributed by atoms with van der Waals surface area (Å²) in [6.45, 7) is 2.83. The second-order valence-electron chi connectivity index (χ2n) is 8.89. The first-order chi connectivity index (χ1) is 15.9. The SMILES string of the molecule is C[C@H]1C[C@@H](N(C)C)[C@H](O)C(Oc2ccc(C3=CN(CCCCCCC(=O)NO)NN3)cc2)O1. The molecule has 0 saturated carbocycles. The van der Waals surface area contributed by atoms with E-state index in [1.54, 1.807) is 5.48 Å². The molecule has 10 nitrogen and oxygen atoms in total. The lowest BCUT2D eigenvalue weighted by Gasteiger charge is -2.40. The van der Waals surface area contributed by atoms with E-state index in [2.05, 4.69) is 11.0 Å². The number of aliphatic hydroxyl groups is 1. The summed E-state index contributed by atoms with van der Waals surface area (Å²) in [7, 11) is 3.91. The molecule has 2 aliphatic heterocycles. The van der Waals surface area contributed by atoms with Gasteiger partial charge in [0.25, 0.3) is 0 Å². The van der Waals surface area contributed by atoms with Crippen molar-refractivity contribution in [3.63, 3.8) is 0 Å². The fourth-order valence-corrected chi connectivity index (χ4v) is 4.08.